The van der Waals surface area contributed by atoms with Crippen molar-refractivity contribution < 1.29 is 22.2 Å². The van der Waals surface area contributed by atoms with Gasteiger partial charge in [-0.15, -0.1) is 0 Å². The summed E-state index contributed by atoms with van der Waals surface area (Å²) in [6.45, 7) is 2.92. The van der Waals surface area contributed by atoms with Crippen molar-refractivity contribution in [3.63, 3.8) is 0 Å². The molecule has 0 saturated carbocycles. The second-order valence-electron chi connectivity index (χ2n) is 0.183. The van der Waals surface area contributed by atoms with Crippen molar-refractivity contribution in [1.82, 2.24) is 0 Å². The van der Waals surface area contributed by atoms with Gasteiger partial charge in [-0.3, -0.25) is 0 Å². The largest absolute Gasteiger partial charge is 0.516 e. The Hall–Kier alpha value is 0.0595. The molecule has 29 valence electrons. The molecule has 1 N–H and O–H groups in total. The molecule has 0 amide bonds. The van der Waals surface area contributed by atoms with Gasteiger partial charge in [0.25, 0.3) is 0 Å². The van der Waals surface area contributed by atoms with Gasteiger partial charge in [0.1, 0.15) is 0 Å². The fourth-order valence-corrected chi connectivity index (χ4v) is 0. The summed E-state index contributed by atoms with van der Waals surface area (Å²) in [6, 6.07) is 0. The van der Waals surface area contributed by atoms with E-state index in [1.165, 1.54) is 0 Å². The van der Waals surface area contributed by atoms with Crippen molar-refractivity contribution >= 4 is 0 Å². The van der Waals surface area contributed by atoms with E-state index >= 15 is 0 Å². The number of aliphatic hydroxyl groups excluding tert-OH is 1. The first-order valence-electron chi connectivity index (χ1n) is 0.666. The molecule has 0 aromatic rings. The minimum absolute atomic E-state index is 0. The van der Waals surface area contributed by atoms with Gasteiger partial charge in [0.05, 0.1) is 6.26 Å². The number of aliphatic hydroxyl groups is 1. The van der Waals surface area contributed by atoms with Gasteiger partial charge in [-0.1, -0.05) is 6.58 Å². The van der Waals surface area contributed by atoms with Crippen LogP contribution in [0.3, 0.4) is 0 Å². The van der Waals surface area contributed by atoms with E-state index in [0.717, 1.165) is 6.26 Å². The third-order valence-electron chi connectivity index (χ3n) is 0. The average molecular weight is 108 g/mol. The molecule has 2 heteroatoms. The van der Waals surface area contributed by atoms with E-state index in [4.69, 9.17) is 5.11 Å². The third-order valence-corrected chi connectivity index (χ3v) is 0. The molecule has 1 nitrogen and oxygen atoms in total. The second kappa shape index (κ2) is 11.6. The Kier molecular flexibility index (Phi) is 25.9. The molecule has 0 aromatic carbocycles. The fourth-order valence-electron chi connectivity index (χ4n) is 0. The van der Waals surface area contributed by atoms with E-state index in [2.05, 4.69) is 6.58 Å². The maximum atomic E-state index is 7.33. The van der Waals surface area contributed by atoms with E-state index in [-0.39, 0.29) is 17.1 Å². The molecule has 0 rings (SSSR count). The van der Waals surface area contributed by atoms with Crippen LogP contribution in [0.15, 0.2) is 12.8 Å². The molecule has 0 aliphatic heterocycles. The molecule has 0 bridgehead atoms. The molecular weight excluding hydrogens is 104 g/mol. The summed E-state index contributed by atoms with van der Waals surface area (Å²) in [5, 5.41) is 7.33. The zero-order chi connectivity index (χ0) is 2.71. The Labute approximate surface area is 35.8 Å². The van der Waals surface area contributed by atoms with Gasteiger partial charge in [0.2, 0.25) is 0 Å². The van der Waals surface area contributed by atoms with Gasteiger partial charge in [-0.25, -0.2) is 0 Å². The minimum Gasteiger partial charge on any atom is -0.516 e. The quantitative estimate of drug-likeness (QED) is 0.357. The van der Waals surface area contributed by atoms with Crippen LogP contribution >= 0.6 is 0 Å². The van der Waals surface area contributed by atoms with Gasteiger partial charge in [-0.05, 0) is 0 Å². The number of rotatable bonds is 0. The topological polar surface area (TPSA) is 20.2 Å². The van der Waals surface area contributed by atoms with Crippen LogP contribution in [0.2, 0.25) is 0 Å². The van der Waals surface area contributed by atoms with Gasteiger partial charge < -0.3 is 5.11 Å². The SMILES string of the molecule is C=CO.[Cu]. The molecular formula is C2H4CuO. The van der Waals surface area contributed by atoms with E-state index in [1.807, 2.05) is 0 Å². The summed E-state index contributed by atoms with van der Waals surface area (Å²) >= 11 is 0. The molecule has 0 aliphatic rings. The molecule has 0 atom stereocenters. The Morgan fingerprint density at radius 1 is 1.75 bits per heavy atom. The standard InChI is InChI=1S/C2H4O.Cu/c1-2-3;/h2-3H,1H2;. The Bertz CT molecular complexity index is 13.5. The van der Waals surface area contributed by atoms with E-state index in [1.54, 1.807) is 0 Å². The van der Waals surface area contributed by atoms with Crippen LogP contribution in [-0.2, 0) is 17.1 Å². The van der Waals surface area contributed by atoms with Crippen molar-refractivity contribution in [3.05, 3.63) is 12.8 Å². The molecule has 4 heavy (non-hydrogen) atoms. The molecule has 0 heterocycles. The second-order valence-corrected chi connectivity index (χ2v) is 0.183. The smallest absolute Gasteiger partial charge is 0.0719 e. The van der Waals surface area contributed by atoms with Crippen molar-refractivity contribution in [1.29, 1.82) is 0 Å². The fraction of sp³-hybridized carbons (Fsp3) is 0. The Morgan fingerprint density at radius 2 is 1.75 bits per heavy atom. The predicted molar refractivity (Wildman–Crippen MR) is 12.8 cm³/mol. The first-order chi connectivity index (χ1) is 1.41. The Balaban J connectivity index is 0. The maximum Gasteiger partial charge on any atom is 0.0719 e. The van der Waals surface area contributed by atoms with Gasteiger partial charge in [0.15, 0.2) is 0 Å². The summed E-state index contributed by atoms with van der Waals surface area (Å²) in [5.41, 5.74) is 0. The molecule has 0 unspecified atom stereocenters. The summed E-state index contributed by atoms with van der Waals surface area (Å²) in [7, 11) is 0. The van der Waals surface area contributed by atoms with Crippen LogP contribution in [0.4, 0.5) is 0 Å². The van der Waals surface area contributed by atoms with Crippen LogP contribution in [0.25, 0.3) is 0 Å². The summed E-state index contributed by atoms with van der Waals surface area (Å²) in [5.74, 6) is 0. The Morgan fingerprint density at radius 3 is 1.75 bits per heavy atom. The first kappa shape index (κ1) is 8.96. The summed E-state index contributed by atoms with van der Waals surface area (Å²) in [4.78, 5) is 0. The van der Waals surface area contributed by atoms with Gasteiger partial charge >= 0.3 is 0 Å². The molecule has 0 aliphatic carbocycles. The molecule has 0 saturated heterocycles. The third kappa shape index (κ3) is 653. The van der Waals surface area contributed by atoms with Gasteiger partial charge in [-0.2, -0.15) is 0 Å². The van der Waals surface area contributed by atoms with Gasteiger partial charge in [0, 0.05) is 17.1 Å². The maximum absolute atomic E-state index is 7.33. The normalized spacial score (nSPS) is 3.00. The van der Waals surface area contributed by atoms with Crippen LogP contribution in [-0.4, -0.2) is 5.11 Å². The van der Waals surface area contributed by atoms with Crippen molar-refractivity contribution in [2.75, 3.05) is 0 Å². The van der Waals surface area contributed by atoms with Crippen molar-refractivity contribution in [2.24, 2.45) is 0 Å². The van der Waals surface area contributed by atoms with E-state index in [0.29, 0.717) is 0 Å². The first-order valence-corrected chi connectivity index (χ1v) is 0.666. The van der Waals surface area contributed by atoms with Crippen LogP contribution in [0.5, 0.6) is 0 Å². The van der Waals surface area contributed by atoms with Crippen molar-refractivity contribution in [2.45, 2.75) is 0 Å². The number of hydrogen-bond donors (Lipinski definition) is 1. The zero-order valence-electron chi connectivity index (χ0n) is 2.03. The molecule has 1 radical (unpaired) electrons. The van der Waals surface area contributed by atoms with E-state index < -0.39 is 0 Å². The zero-order valence-corrected chi connectivity index (χ0v) is 2.97. The van der Waals surface area contributed by atoms with Crippen LogP contribution in [0, 0.1) is 0 Å². The summed E-state index contributed by atoms with van der Waals surface area (Å²) < 4.78 is 0. The molecule has 0 aromatic heterocycles. The summed E-state index contributed by atoms with van der Waals surface area (Å²) in [6.07, 6.45) is 0.750. The predicted octanol–water partition coefficient (Wildman–Crippen LogP) is 0.685. The van der Waals surface area contributed by atoms with E-state index in [9.17, 15) is 0 Å². The minimum atomic E-state index is 0. The number of hydrogen-bond acceptors (Lipinski definition) is 1. The average Bonchev–Trinajstić information content (AvgIpc) is 0.918. The monoisotopic (exact) mass is 107 g/mol. The van der Waals surface area contributed by atoms with Crippen molar-refractivity contribution in [3.8, 4) is 0 Å². The molecule has 0 spiro atoms. The van der Waals surface area contributed by atoms with Crippen LogP contribution in [0.1, 0.15) is 0 Å². The molecule has 0 fully saturated rings. The van der Waals surface area contributed by atoms with Crippen LogP contribution < -0.4 is 0 Å².